The van der Waals surface area contributed by atoms with Crippen molar-refractivity contribution in [1.82, 2.24) is 5.32 Å². The van der Waals surface area contributed by atoms with Gasteiger partial charge in [-0.1, -0.05) is 13.3 Å². The summed E-state index contributed by atoms with van der Waals surface area (Å²) in [4.78, 5) is 22.0. The van der Waals surface area contributed by atoms with E-state index in [0.717, 1.165) is 25.7 Å². The van der Waals surface area contributed by atoms with Crippen LogP contribution in [0.1, 0.15) is 43.0 Å². The molecule has 0 heterocycles. The number of benzene rings is 1. The Morgan fingerprint density at radius 1 is 1.38 bits per heavy atom. The zero-order valence-corrected chi connectivity index (χ0v) is 11.6. The predicted octanol–water partition coefficient (Wildman–Crippen LogP) is 3.18. The quantitative estimate of drug-likeness (QED) is 0.647. The molecule has 7 heteroatoms. The third-order valence-corrected chi connectivity index (χ3v) is 3.84. The molecule has 0 atom stereocenters. The second-order valence-electron chi connectivity index (χ2n) is 5.47. The number of nitrogens with one attached hydrogen (secondary N) is 1. The molecule has 0 aromatic heterocycles. The monoisotopic (exact) mass is 298 g/mol. The van der Waals surface area contributed by atoms with E-state index in [1.807, 2.05) is 6.92 Å². The van der Waals surface area contributed by atoms with Gasteiger partial charge in [-0.3, -0.25) is 14.9 Å². The van der Waals surface area contributed by atoms with Crippen molar-refractivity contribution in [3.63, 3.8) is 0 Å². The summed E-state index contributed by atoms with van der Waals surface area (Å²) < 4.78 is 26.3. The van der Waals surface area contributed by atoms with Crippen LogP contribution in [0.5, 0.6) is 0 Å². The van der Waals surface area contributed by atoms with Crippen LogP contribution in [0.25, 0.3) is 0 Å². The van der Waals surface area contributed by atoms with E-state index >= 15 is 0 Å². The van der Waals surface area contributed by atoms with Gasteiger partial charge in [0.1, 0.15) is 5.56 Å². The Balaban J connectivity index is 2.15. The fourth-order valence-corrected chi connectivity index (χ4v) is 2.45. The van der Waals surface area contributed by atoms with Gasteiger partial charge in [0.05, 0.1) is 11.0 Å². The molecule has 1 aromatic carbocycles. The molecule has 0 saturated heterocycles. The van der Waals surface area contributed by atoms with Crippen molar-refractivity contribution in [2.24, 2.45) is 5.41 Å². The van der Waals surface area contributed by atoms with Crippen LogP contribution in [0.15, 0.2) is 12.1 Å². The van der Waals surface area contributed by atoms with Gasteiger partial charge in [-0.05, 0) is 30.7 Å². The maximum absolute atomic E-state index is 13.2. The molecule has 1 fully saturated rings. The fraction of sp³-hybridized carbons (Fsp3) is 0.500. The number of rotatable bonds is 6. The summed E-state index contributed by atoms with van der Waals surface area (Å²) in [6.07, 6.45) is 3.95. The third-order valence-electron chi connectivity index (χ3n) is 3.84. The van der Waals surface area contributed by atoms with Crippen LogP contribution in [0.3, 0.4) is 0 Å². The molecular weight excluding hydrogens is 282 g/mol. The van der Waals surface area contributed by atoms with E-state index in [1.54, 1.807) is 0 Å². The number of nitro benzene ring substituents is 1. The molecule has 0 radical (unpaired) electrons. The van der Waals surface area contributed by atoms with Gasteiger partial charge in [-0.2, -0.15) is 0 Å². The molecule has 2 rings (SSSR count). The normalized spacial score (nSPS) is 15.6. The van der Waals surface area contributed by atoms with Gasteiger partial charge < -0.3 is 5.32 Å². The maximum Gasteiger partial charge on any atom is 0.285 e. The molecule has 5 nitrogen and oxygen atoms in total. The first kappa shape index (κ1) is 15.3. The van der Waals surface area contributed by atoms with Crippen LogP contribution in [0.2, 0.25) is 0 Å². The third kappa shape index (κ3) is 3.34. The predicted molar refractivity (Wildman–Crippen MR) is 71.9 cm³/mol. The smallest absolute Gasteiger partial charge is 0.285 e. The number of amides is 1. The molecule has 1 amide bonds. The molecule has 1 aliphatic carbocycles. The van der Waals surface area contributed by atoms with Gasteiger partial charge in [0.2, 0.25) is 0 Å². The summed E-state index contributed by atoms with van der Waals surface area (Å²) in [7, 11) is 0. The molecule has 0 aliphatic heterocycles. The summed E-state index contributed by atoms with van der Waals surface area (Å²) in [5, 5.41) is 13.4. The van der Waals surface area contributed by atoms with E-state index in [0.29, 0.717) is 18.7 Å². The summed E-state index contributed by atoms with van der Waals surface area (Å²) >= 11 is 0. The lowest BCUT2D eigenvalue weighted by Crippen LogP contribution is -2.30. The second-order valence-corrected chi connectivity index (χ2v) is 5.47. The fourth-order valence-electron chi connectivity index (χ4n) is 2.45. The maximum atomic E-state index is 13.2. The van der Waals surface area contributed by atoms with E-state index < -0.39 is 33.7 Å². The van der Waals surface area contributed by atoms with Gasteiger partial charge >= 0.3 is 0 Å². The van der Waals surface area contributed by atoms with E-state index in [9.17, 15) is 23.7 Å². The van der Waals surface area contributed by atoms with Crippen LogP contribution < -0.4 is 5.32 Å². The molecule has 1 aromatic rings. The average molecular weight is 298 g/mol. The van der Waals surface area contributed by atoms with Gasteiger partial charge in [-0.15, -0.1) is 0 Å². The highest BCUT2D eigenvalue weighted by Gasteiger charge is 2.41. The van der Waals surface area contributed by atoms with E-state index in [1.165, 1.54) is 0 Å². The molecular formula is C14H16F2N2O3. The molecule has 114 valence electrons. The van der Waals surface area contributed by atoms with Crippen LogP contribution in [0, 0.1) is 27.2 Å². The highest BCUT2D eigenvalue weighted by Crippen LogP contribution is 2.48. The number of nitrogens with zero attached hydrogens (tertiary/aromatic N) is 1. The summed E-state index contributed by atoms with van der Waals surface area (Å²) in [5.74, 6) is -3.37. The summed E-state index contributed by atoms with van der Waals surface area (Å²) in [5.41, 5.74) is -1.12. The second kappa shape index (κ2) is 5.75. The summed E-state index contributed by atoms with van der Waals surface area (Å²) in [6.45, 7) is 2.44. The van der Waals surface area contributed by atoms with Crippen LogP contribution >= 0.6 is 0 Å². The summed E-state index contributed by atoms with van der Waals surface area (Å²) in [6, 6.07) is 1.01. The molecule has 0 spiro atoms. The zero-order chi connectivity index (χ0) is 15.6. The molecule has 0 bridgehead atoms. The Kier molecular flexibility index (Phi) is 4.20. The van der Waals surface area contributed by atoms with Crippen LogP contribution in [-0.4, -0.2) is 17.4 Å². The molecule has 0 unspecified atom stereocenters. The van der Waals surface area contributed by atoms with Gasteiger partial charge in [0, 0.05) is 6.54 Å². The number of hydrogen-bond acceptors (Lipinski definition) is 3. The van der Waals surface area contributed by atoms with Crippen molar-refractivity contribution in [1.29, 1.82) is 0 Å². The Labute approximate surface area is 120 Å². The van der Waals surface area contributed by atoms with E-state index in [4.69, 9.17) is 0 Å². The Morgan fingerprint density at radius 3 is 2.52 bits per heavy atom. The highest BCUT2D eigenvalue weighted by molar-refractivity contribution is 5.98. The van der Waals surface area contributed by atoms with Crippen molar-refractivity contribution >= 4 is 11.6 Å². The van der Waals surface area contributed by atoms with Gasteiger partial charge in [0.25, 0.3) is 11.6 Å². The number of nitro groups is 1. The standard InChI is InChI=1S/C14H16F2N2O3/c1-2-3-14(4-5-14)8-17-13(19)9-6-10(15)11(16)7-12(9)18(20)21/h6-7H,2-5,8H2,1H3,(H,17,19). The lowest BCUT2D eigenvalue weighted by atomic mass is 10.0. The first-order chi connectivity index (χ1) is 9.88. The Bertz CT molecular complexity index is 586. The van der Waals surface area contributed by atoms with Crippen molar-refractivity contribution < 1.29 is 18.5 Å². The lowest BCUT2D eigenvalue weighted by Gasteiger charge is -2.15. The number of halogens is 2. The topological polar surface area (TPSA) is 72.2 Å². The number of carbonyl (C=O) groups is 1. The van der Waals surface area contributed by atoms with Gasteiger partial charge in [0.15, 0.2) is 11.6 Å². The highest BCUT2D eigenvalue weighted by atomic mass is 19.2. The van der Waals surface area contributed by atoms with Crippen molar-refractivity contribution in [2.75, 3.05) is 6.54 Å². The van der Waals surface area contributed by atoms with Crippen molar-refractivity contribution in [3.8, 4) is 0 Å². The van der Waals surface area contributed by atoms with Crippen molar-refractivity contribution in [3.05, 3.63) is 39.4 Å². The SMILES string of the molecule is CCCC1(CNC(=O)c2cc(F)c(F)cc2[N+](=O)[O-])CC1. The average Bonchev–Trinajstić information content (AvgIpc) is 3.19. The first-order valence-corrected chi connectivity index (χ1v) is 6.80. The minimum Gasteiger partial charge on any atom is -0.351 e. The zero-order valence-electron chi connectivity index (χ0n) is 11.6. The lowest BCUT2D eigenvalue weighted by molar-refractivity contribution is -0.385. The molecule has 21 heavy (non-hydrogen) atoms. The minimum atomic E-state index is -1.34. The van der Waals surface area contributed by atoms with Crippen LogP contribution in [-0.2, 0) is 0 Å². The van der Waals surface area contributed by atoms with E-state index in [2.05, 4.69) is 5.32 Å². The first-order valence-electron chi connectivity index (χ1n) is 6.80. The largest absolute Gasteiger partial charge is 0.351 e. The van der Waals surface area contributed by atoms with Crippen LogP contribution in [0.4, 0.5) is 14.5 Å². The number of hydrogen-bond donors (Lipinski definition) is 1. The molecule has 1 saturated carbocycles. The van der Waals surface area contributed by atoms with Gasteiger partial charge in [-0.25, -0.2) is 8.78 Å². The Hall–Kier alpha value is -2.05. The Morgan fingerprint density at radius 2 is 2.00 bits per heavy atom. The van der Waals surface area contributed by atoms with Crippen molar-refractivity contribution in [2.45, 2.75) is 32.6 Å². The number of carbonyl (C=O) groups excluding carboxylic acids is 1. The molecule has 1 aliphatic rings. The minimum absolute atomic E-state index is 0.0672. The van der Waals surface area contributed by atoms with E-state index in [-0.39, 0.29) is 5.41 Å². The molecule has 1 N–H and O–H groups in total.